The summed E-state index contributed by atoms with van der Waals surface area (Å²) in [5.41, 5.74) is 1.99. The molecule has 1 aliphatic rings. The van der Waals surface area contributed by atoms with Crippen LogP contribution in [0.25, 0.3) is 11.0 Å². The monoisotopic (exact) mass is 301 g/mol. The highest BCUT2D eigenvalue weighted by atomic mass is 16.3. The van der Waals surface area contributed by atoms with Gasteiger partial charge in [-0.25, -0.2) is 4.98 Å². The molecule has 1 heterocycles. The summed E-state index contributed by atoms with van der Waals surface area (Å²) in [6.45, 7) is 0.972. The van der Waals surface area contributed by atoms with Gasteiger partial charge in [-0.15, -0.1) is 0 Å². The highest BCUT2D eigenvalue weighted by molar-refractivity contribution is 5.77. The van der Waals surface area contributed by atoms with Crippen molar-refractivity contribution in [2.45, 2.75) is 44.8 Å². The van der Waals surface area contributed by atoms with Gasteiger partial charge in [0.1, 0.15) is 0 Å². The summed E-state index contributed by atoms with van der Waals surface area (Å²) in [7, 11) is 0. The molecule has 0 aliphatic heterocycles. The van der Waals surface area contributed by atoms with Crippen LogP contribution in [0.5, 0.6) is 0 Å². The fraction of sp³-hybridized carbons (Fsp3) is 0.529. The van der Waals surface area contributed by atoms with Crippen LogP contribution in [0.1, 0.15) is 32.1 Å². The van der Waals surface area contributed by atoms with E-state index in [0.717, 1.165) is 23.9 Å². The van der Waals surface area contributed by atoms with Crippen molar-refractivity contribution in [1.29, 1.82) is 0 Å². The molecule has 2 aromatic rings. The summed E-state index contributed by atoms with van der Waals surface area (Å²) in [6.07, 6.45) is 6.33. The van der Waals surface area contributed by atoms with Crippen LogP contribution < -0.4 is 5.32 Å². The number of aromatic nitrogens is 2. The molecular weight excluding hydrogens is 278 g/mol. The zero-order chi connectivity index (χ0) is 15.4. The van der Waals surface area contributed by atoms with Gasteiger partial charge in [0, 0.05) is 19.5 Å². The van der Waals surface area contributed by atoms with Gasteiger partial charge in [-0.1, -0.05) is 25.0 Å². The molecule has 1 saturated carbocycles. The lowest BCUT2D eigenvalue weighted by Crippen LogP contribution is -2.35. The summed E-state index contributed by atoms with van der Waals surface area (Å²) < 4.78 is 1.99. The number of aryl methyl sites for hydroxylation is 1. The Balaban J connectivity index is 1.46. The Morgan fingerprint density at radius 1 is 1.36 bits per heavy atom. The summed E-state index contributed by atoms with van der Waals surface area (Å²) in [5.74, 6) is 0.340. The molecule has 1 aliphatic carbocycles. The van der Waals surface area contributed by atoms with Crippen LogP contribution in [0.3, 0.4) is 0 Å². The van der Waals surface area contributed by atoms with Crippen LogP contribution in [0.2, 0.25) is 0 Å². The molecule has 5 nitrogen and oxygen atoms in total. The van der Waals surface area contributed by atoms with Crippen molar-refractivity contribution in [3.63, 3.8) is 0 Å². The second kappa shape index (κ2) is 6.92. The largest absolute Gasteiger partial charge is 0.391 e. The molecule has 22 heavy (non-hydrogen) atoms. The number of rotatable bonds is 6. The smallest absolute Gasteiger partial charge is 0.221 e. The molecule has 3 rings (SSSR count). The molecular formula is C17H23N3O2. The van der Waals surface area contributed by atoms with Gasteiger partial charge in [-0.05, 0) is 30.9 Å². The molecule has 1 amide bonds. The van der Waals surface area contributed by atoms with E-state index in [2.05, 4.69) is 10.3 Å². The van der Waals surface area contributed by atoms with Gasteiger partial charge in [0.15, 0.2) is 0 Å². The zero-order valence-electron chi connectivity index (χ0n) is 12.7. The molecule has 0 spiro atoms. The van der Waals surface area contributed by atoms with Crippen LogP contribution in [-0.2, 0) is 11.3 Å². The number of benzene rings is 1. The summed E-state index contributed by atoms with van der Waals surface area (Å²) in [6, 6.07) is 7.89. The highest BCUT2D eigenvalue weighted by Crippen LogP contribution is 2.27. The molecule has 0 saturated heterocycles. The lowest BCUT2D eigenvalue weighted by Gasteiger charge is -2.18. The highest BCUT2D eigenvalue weighted by Gasteiger charge is 2.23. The summed E-state index contributed by atoms with van der Waals surface area (Å²) in [5, 5.41) is 12.9. The summed E-state index contributed by atoms with van der Waals surface area (Å²) in [4.78, 5) is 16.3. The number of carbonyl (C=O) groups is 1. The minimum atomic E-state index is -0.402. The van der Waals surface area contributed by atoms with Crippen LogP contribution in [0, 0.1) is 5.92 Å². The quantitative estimate of drug-likeness (QED) is 0.858. The molecule has 1 unspecified atom stereocenters. The predicted molar refractivity (Wildman–Crippen MR) is 85.3 cm³/mol. The van der Waals surface area contributed by atoms with Gasteiger partial charge < -0.3 is 15.0 Å². The first-order chi connectivity index (χ1) is 10.7. The van der Waals surface area contributed by atoms with Gasteiger partial charge >= 0.3 is 0 Å². The molecule has 1 fully saturated rings. The molecule has 1 aromatic carbocycles. The Morgan fingerprint density at radius 2 is 2.14 bits per heavy atom. The van der Waals surface area contributed by atoms with E-state index in [4.69, 9.17) is 0 Å². The first kappa shape index (κ1) is 15.0. The Hall–Kier alpha value is -1.88. The first-order valence-corrected chi connectivity index (χ1v) is 8.08. The molecule has 1 aromatic heterocycles. The average molecular weight is 301 g/mol. The van der Waals surface area contributed by atoms with Gasteiger partial charge in [0.25, 0.3) is 0 Å². The molecule has 0 radical (unpaired) electrons. The van der Waals surface area contributed by atoms with Crippen molar-refractivity contribution in [3.8, 4) is 0 Å². The van der Waals surface area contributed by atoms with Crippen molar-refractivity contribution in [2.75, 3.05) is 6.54 Å². The number of nitrogens with one attached hydrogen (secondary N) is 1. The number of aliphatic hydroxyl groups is 1. The van der Waals surface area contributed by atoms with E-state index < -0.39 is 6.10 Å². The third kappa shape index (κ3) is 3.47. The third-order valence-electron chi connectivity index (χ3n) is 4.56. The number of para-hydroxylation sites is 2. The van der Waals surface area contributed by atoms with Crippen LogP contribution >= 0.6 is 0 Å². The lowest BCUT2D eigenvalue weighted by molar-refractivity contribution is -0.121. The average Bonchev–Trinajstić information content (AvgIpc) is 3.20. The number of aliphatic hydroxyl groups excluding tert-OH is 1. The van der Waals surface area contributed by atoms with E-state index in [0.29, 0.717) is 25.4 Å². The van der Waals surface area contributed by atoms with Gasteiger partial charge in [-0.2, -0.15) is 0 Å². The Bertz CT molecular complexity index is 632. The maximum absolute atomic E-state index is 11.9. The van der Waals surface area contributed by atoms with E-state index >= 15 is 0 Å². The van der Waals surface area contributed by atoms with Crippen LogP contribution in [-0.4, -0.2) is 33.2 Å². The van der Waals surface area contributed by atoms with Crippen molar-refractivity contribution in [3.05, 3.63) is 30.6 Å². The fourth-order valence-electron chi connectivity index (χ4n) is 3.23. The van der Waals surface area contributed by atoms with E-state index in [1.54, 1.807) is 6.33 Å². The number of carbonyl (C=O) groups excluding carboxylic acids is 1. The Kier molecular flexibility index (Phi) is 4.73. The van der Waals surface area contributed by atoms with E-state index in [9.17, 15) is 9.90 Å². The molecule has 118 valence electrons. The maximum Gasteiger partial charge on any atom is 0.221 e. The number of fused-ring (bicyclic) bond motifs is 1. The van der Waals surface area contributed by atoms with Crippen LogP contribution in [0.4, 0.5) is 0 Å². The van der Waals surface area contributed by atoms with Crippen molar-refractivity contribution in [1.82, 2.24) is 14.9 Å². The zero-order valence-corrected chi connectivity index (χ0v) is 12.7. The van der Waals surface area contributed by atoms with Crippen molar-refractivity contribution in [2.24, 2.45) is 5.92 Å². The van der Waals surface area contributed by atoms with Crippen molar-refractivity contribution >= 4 is 16.9 Å². The van der Waals surface area contributed by atoms with E-state index in [1.165, 1.54) is 12.8 Å². The normalized spacial score (nSPS) is 17.0. The SMILES string of the molecule is O=C(CCn1cnc2ccccc21)NCC(O)C1CCCC1. The Morgan fingerprint density at radius 3 is 2.95 bits per heavy atom. The lowest BCUT2D eigenvalue weighted by atomic mass is 10.0. The second-order valence-electron chi connectivity index (χ2n) is 6.09. The molecule has 2 N–H and O–H groups in total. The van der Waals surface area contributed by atoms with E-state index in [-0.39, 0.29) is 5.91 Å². The standard InChI is InChI=1S/C17H23N3O2/c21-16(13-5-1-2-6-13)11-18-17(22)9-10-20-12-19-14-7-3-4-8-15(14)20/h3-4,7-8,12-13,16,21H,1-2,5-6,9-11H2,(H,18,22). The van der Waals surface area contributed by atoms with Crippen molar-refractivity contribution < 1.29 is 9.90 Å². The van der Waals surface area contributed by atoms with Gasteiger partial charge in [-0.3, -0.25) is 4.79 Å². The number of imidazole rings is 1. The Labute approximate surface area is 130 Å². The number of amides is 1. The number of hydrogen-bond acceptors (Lipinski definition) is 3. The minimum absolute atomic E-state index is 0.0187. The minimum Gasteiger partial charge on any atom is -0.391 e. The van der Waals surface area contributed by atoms with Gasteiger partial charge in [0.2, 0.25) is 5.91 Å². The second-order valence-corrected chi connectivity index (χ2v) is 6.09. The van der Waals surface area contributed by atoms with Crippen LogP contribution in [0.15, 0.2) is 30.6 Å². The predicted octanol–water partition coefficient (Wildman–Crippen LogP) is 2.09. The number of hydrogen-bond donors (Lipinski definition) is 2. The number of nitrogens with zero attached hydrogens (tertiary/aromatic N) is 2. The van der Waals surface area contributed by atoms with Gasteiger partial charge in [0.05, 0.1) is 23.5 Å². The third-order valence-corrected chi connectivity index (χ3v) is 4.56. The molecule has 5 heteroatoms. The van der Waals surface area contributed by atoms with E-state index in [1.807, 2.05) is 28.8 Å². The summed E-state index contributed by atoms with van der Waals surface area (Å²) >= 11 is 0. The fourth-order valence-corrected chi connectivity index (χ4v) is 3.23. The molecule has 1 atom stereocenters. The maximum atomic E-state index is 11.9. The molecule has 0 bridgehead atoms. The first-order valence-electron chi connectivity index (χ1n) is 8.08. The topological polar surface area (TPSA) is 67.2 Å².